The van der Waals surface area contributed by atoms with Gasteiger partial charge >= 0.3 is 6.36 Å². The minimum Gasteiger partial charge on any atom is -0.406 e. The first-order chi connectivity index (χ1) is 16.7. The van der Waals surface area contributed by atoms with Crippen molar-refractivity contribution in [3.63, 3.8) is 0 Å². The summed E-state index contributed by atoms with van der Waals surface area (Å²) >= 11 is 0. The van der Waals surface area contributed by atoms with Crippen molar-refractivity contribution in [3.8, 4) is 5.75 Å². The topological polar surface area (TPSA) is 65.0 Å². The van der Waals surface area contributed by atoms with Gasteiger partial charge in [0.25, 0.3) is 10.0 Å². The maximum atomic E-state index is 12.6. The van der Waals surface area contributed by atoms with Gasteiger partial charge in [-0.25, -0.2) is 0 Å². The smallest absolute Gasteiger partial charge is 0.406 e. The summed E-state index contributed by atoms with van der Waals surface area (Å²) in [6, 6.07) is 24.0. The predicted molar refractivity (Wildman–Crippen MR) is 126 cm³/mol. The van der Waals surface area contributed by atoms with E-state index in [9.17, 15) is 21.6 Å². The highest BCUT2D eigenvalue weighted by molar-refractivity contribution is 7.90. The second-order valence-corrected chi connectivity index (χ2v) is 9.87. The van der Waals surface area contributed by atoms with Crippen LogP contribution in [0.3, 0.4) is 0 Å². The van der Waals surface area contributed by atoms with E-state index in [1.807, 2.05) is 36.4 Å². The highest BCUT2D eigenvalue weighted by atomic mass is 32.2. The van der Waals surface area contributed by atoms with E-state index >= 15 is 0 Å². The van der Waals surface area contributed by atoms with Gasteiger partial charge in [-0.15, -0.1) is 13.2 Å². The van der Waals surface area contributed by atoms with E-state index in [1.165, 1.54) is 6.21 Å². The Hall–Kier alpha value is -3.17. The number of hydrogen-bond donors (Lipinski definition) is 0. The molecule has 9 heteroatoms. The maximum absolute atomic E-state index is 12.6. The second kappa shape index (κ2) is 10.6. The lowest BCUT2D eigenvalue weighted by Crippen LogP contribution is -2.32. The Bertz CT molecular complexity index is 1190. The number of halogens is 3. The van der Waals surface area contributed by atoms with Crippen LogP contribution in [0.1, 0.15) is 29.9 Å². The third-order valence-electron chi connectivity index (χ3n) is 5.81. The third-order valence-corrected chi connectivity index (χ3v) is 7.08. The molecule has 1 aliphatic heterocycles. The predicted octanol–water partition coefficient (Wildman–Crippen LogP) is 5.97. The fourth-order valence-electron chi connectivity index (χ4n) is 4.21. The van der Waals surface area contributed by atoms with E-state index in [4.69, 9.17) is 4.74 Å². The van der Waals surface area contributed by atoms with Gasteiger partial charge in [-0.1, -0.05) is 60.7 Å². The van der Waals surface area contributed by atoms with Gasteiger partial charge in [0.15, 0.2) is 0 Å². The summed E-state index contributed by atoms with van der Waals surface area (Å²) in [5, 5.41) is 0. The molecule has 184 valence electrons. The Balaban J connectivity index is 1.50. The summed E-state index contributed by atoms with van der Waals surface area (Å²) in [5.41, 5.74) is 2.21. The molecule has 1 heterocycles. The zero-order valence-electron chi connectivity index (χ0n) is 18.6. The first kappa shape index (κ1) is 24.9. The number of nitrogens with zero attached hydrogens (tertiary/aromatic N) is 1. The lowest BCUT2D eigenvalue weighted by molar-refractivity contribution is -0.274. The molecule has 0 spiro atoms. The molecule has 0 N–H and O–H groups in total. The van der Waals surface area contributed by atoms with E-state index in [-0.39, 0.29) is 22.8 Å². The molecule has 3 aromatic rings. The van der Waals surface area contributed by atoms with Crippen LogP contribution in [0.4, 0.5) is 13.2 Å². The lowest BCUT2D eigenvalue weighted by atomic mass is 9.81. The molecule has 1 fully saturated rings. The van der Waals surface area contributed by atoms with Crippen molar-refractivity contribution >= 4 is 16.2 Å². The molecule has 1 saturated heterocycles. The van der Waals surface area contributed by atoms with Crippen molar-refractivity contribution in [2.45, 2.75) is 36.1 Å². The number of sulfonamides is 1. The first-order valence-corrected chi connectivity index (χ1v) is 12.5. The lowest BCUT2D eigenvalue weighted by Gasteiger charge is -2.34. The quantitative estimate of drug-likeness (QED) is 0.373. The van der Waals surface area contributed by atoms with Crippen LogP contribution < -0.4 is 4.74 Å². The minimum absolute atomic E-state index is 0.0219. The van der Waals surface area contributed by atoms with Crippen LogP contribution >= 0.6 is 0 Å². The average Bonchev–Trinajstić information content (AvgIpc) is 2.84. The summed E-state index contributed by atoms with van der Waals surface area (Å²) in [4.78, 5) is -0.210. The monoisotopic (exact) mass is 503 g/mol. The first-order valence-electron chi connectivity index (χ1n) is 11.1. The van der Waals surface area contributed by atoms with Crippen LogP contribution in [0.2, 0.25) is 0 Å². The molecular formula is C26H24F3NO4S. The van der Waals surface area contributed by atoms with Crippen molar-refractivity contribution in [3.05, 3.63) is 96.1 Å². The summed E-state index contributed by atoms with van der Waals surface area (Å²) < 4.78 is 76.0. The fraction of sp³-hybridized carbons (Fsp3) is 0.269. The standard InChI is InChI=1S/C26H24F3NO4S/c27-26(28,29)34-22-11-13-23(14-12-22)35(31,32)30-18-19-15-16-33-24(17-19)25(20-7-3-1-4-8-20)21-9-5-2-6-10-21/h1-14,18-19,24-25H,15-17H2/b30-18+/t19?,24-/m0/s1. The number of rotatable bonds is 7. The largest absolute Gasteiger partial charge is 0.573 e. The van der Waals surface area contributed by atoms with Crippen molar-refractivity contribution in [2.24, 2.45) is 10.3 Å². The molecular weight excluding hydrogens is 479 g/mol. The molecule has 0 bridgehead atoms. The van der Waals surface area contributed by atoms with Gasteiger partial charge in [0.2, 0.25) is 0 Å². The van der Waals surface area contributed by atoms with Crippen molar-refractivity contribution < 1.29 is 31.1 Å². The molecule has 0 aliphatic carbocycles. The fourth-order valence-corrected chi connectivity index (χ4v) is 5.14. The van der Waals surface area contributed by atoms with Crippen molar-refractivity contribution in [2.75, 3.05) is 6.61 Å². The zero-order chi connectivity index (χ0) is 24.9. The molecule has 4 rings (SSSR count). The van der Waals surface area contributed by atoms with Gasteiger partial charge in [-0.2, -0.15) is 12.8 Å². The molecule has 0 saturated carbocycles. The molecule has 35 heavy (non-hydrogen) atoms. The van der Waals surface area contributed by atoms with E-state index in [0.717, 1.165) is 35.4 Å². The van der Waals surface area contributed by atoms with Crippen molar-refractivity contribution in [1.29, 1.82) is 0 Å². The Morgan fingerprint density at radius 2 is 1.49 bits per heavy atom. The number of alkyl halides is 3. The average molecular weight is 504 g/mol. The van der Waals surface area contributed by atoms with E-state index < -0.39 is 22.1 Å². The van der Waals surface area contributed by atoms with Gasteiger partial charge in [0, 0.05) is 18.7 Å². The Morgan fingerprint density at radius 3 is 2.03 bits per heavy atom. The van der Waals surface area contributed by atoms with Crippen LogP contribution in [0.25, 0.3) is 0 Å². The number of ether oxygens (including phenoxy) is 2. The molecule has 5 nitrogen and oxygen atoms in total. The van der Waals surface area contributed by atoms with Crippen LogP contribution in [0.5, 0.6) is 5.75 Å². The highest BCUT2D eigenvalue weighted by Crippen LogP contribution is 2.36. The van der Waals surface area contributed by atoms with E-state index in [2.05, 4.69) is 33.4 Å². The van der Waals surface area contributed by atoms with E-state index in [0.29, 0.717) is 19.4 Å². The third kappa shape index (κ3) is 6.70. The number of hydrogen-bond acceptors (Lipinski definition) is 4. The molecule has 0 aromatic heterocycles. The van der Waals surface area contributed by atoms with Crippen molar-refractivity contribution in [1.82, 2.24) is 0 Å². The van der Waals surface area contributed by atoms with Crippen LogP contribution in [0.15, 0.2) is 94.2 Å². The molecule has 2 atom stereocenters. The molecule has 1 aliphatic rings. The van der Waals surface area contributed by atoms with Gasteiger partial charge in [0.05, 0.1) is 11.0 Å². The molecule has 0 radical (unpaired) electrons. The summed E-state index contributed by atoms with van der Waals surface area (Å²) in [6.45, 7) is 0.459. The zero-order valence-corrected chi connectivity index (χ0v) is 19.5. The summed E-state index contributed by atoms with van der Waals surface area (Å²) in [7, 11) is -4.07. The normalized spacial score (nSPS) is 19.2. The second-order valence-electron chi connectivity index (χ2n) is 8.24. The van der Waals surface area contributed by atoms with Crippen LogP contribution in [-0.2, 0) is 14.8 Å². The highest BCUT2D eigenvalue weighted by Gasteiger charge is 2.32. The van der Waals surface area contributed by atoms with Gasteiger partial charge in [0.1, 0.15) is 5.75 Å². The van der Waals surface area contributed by atoms with E-state index in [1.54, 1.807) is 0 Å². The Kier molecular flexibility index (Phi) is 7.57. The SMILES string of the molecule is O=S(=O)(/N=C/C1CCO[C@H](C(c2ccccc2)c2ccccc2)C1)c1ccc(OC(F)(F)F)cc1. The maximum Gasteiger partial charge on any atom is 0.573 e. The Labute approximate surface area is 202 Å². The minimum atomic E-state index is -4.85. The van der Waals surface area contributed by atoms with Crippen LogP contribution in [0, 0.1) is 5.92 Å². The van der Waals surface area contributed by atoms with Gasteiger partial charge in [-0.05, 0) is 54.2 Å². The molecule has 0 amide bonds. The Morgan fingerprint density at radius 1 is 0.914 bits per heavy atom. The van der Waals surface area contributed by atoms with Gasteiger partial charge < -0.3 is 9.47 Å². The molecule has 1 unspecified atom stereocenters. The summed E-state index contributed by atoms with van der Waals surface area (Å²) in [6.07, 6.45) is -2.42. The van der Waals surface area contributed by atoms with Gasteiger partial charge in [-0.3, -0.25) is 0 Å². The summed E-state index contributed by atoms with van der Waals surface area (Å²) in [5.74, 6) is -0.654. The molecule has 3 aromatic carbocycles. The number of benzene rings is 3. The van der Waals surface area contributed by atoms with Crippen LogP contribution in [-0.4, -0.2) is 33.7 Å².